The second-order valence-electron chi connectivity index (χ2n) is 6.47. The van der Waals surface area contributed by atoms with Crippen molar-refractivity contribution in [1.29, 1.82) is 0 Å². The smallest absolute Gasteiger partial charge is 0.320 e. The van der Waals surface area contributed by atoms with Gasteiger partial charge in [-0.05, 0) is 36.8 Å². The molecule has 0 unspecified atom stereocenters. The third-order valence-electron chi connectivity index (χ3n) is 4.27. The molecule has 0 atom stereocenters. The van der Waals surface area contributed by atoms with E-state index in [0.717, 1.165) is 27.5 Å². The number of carboxylic acid groups (broad SMARTS) is 1. The average Bonchev–Trinajstić information content (AvgIpc) is 3.10. The van der Waals surface area contributed by atoms with Crippen LogP contribution in [0, 0.1) is 6.92 Å². The van der Waals surface area contributed by atoms with Crippen LogP contribution in [0.3, 0.4) is 0 Å². The number of benzene rings is 2. The maximum atomic E-state index is 10.8. The van der Waals surface area contributed by atoms with E-state index >= 15 is 0 Å². The van der Waals surface area contributed by atoms with Crippen molar-refractivity contribution in [3.8, 4) is 17.2 Å². The molecule has 0 aliphatic carbocycles. The van der Waals surface area contributed by atoms with E-state index < -0.39 is 5.97 Å². The molecule has 1 N–H and O–H groups in total. The first-order valence-corrected chi connectivity index (χ1v) is 9.13. The van der Waals surface area contributed by atoms with Gasteiger partial charge in [0.25, 0.3) is 0 Å². The van der Waals surface area contributed by atoms with Crippen molar-refractivity contribution in [2.24, 2.45) is 0 Å². The zero-order chi connectivity index (χ0) is 20.6. The van der Waals surface area contributed by atoms with E-state index in [9.17, 15) is 9.59 Å². The molecule has 30 heavy (non-hydrogen) atoms. The minimum atomic E-state index is -1.08. The molecule has 0 aliphatic heterocycles. The summed E-state index contributed by atoms with van der Waals surface area (Å²) in [5, 5.41) is 8.76. The Bertz CT molecular complexity index is 957. The van der Waals surface area contributed by atoms with Crippen molar-refractivity contribution in [3.63, 3.8) is 0 Å². The number of carbonyl (C=O) groups excluding carboxylic acids is 1. The number of hydrogen-bond donors (Lipinski definition) is 1. The fraction of sp³-hybridized carbons (Fsp3) is 0.227. The first-order chi connectivity index (χ1) is 14.0. The van der Waals surface area contributed by atoms with Crippen molar-refractivity contribution in [2.75, 3.05) is 13.2 Å². The van der Waals surface area contributed by atoms with E-state index in [1.807, 2.05) is 37.3 Å². The van der Waals surface area contributed by atoms with Crippen LogP contribution in [-0.4, -0.2) is 40.5 Å². The fourth-order valence-electron chi connectivity index (χ4n) is 2.82. The van der Waals surface area contributed by atoms with Gasteiger partial charge in [-0.3, -0.25) is 4.79 Å². The molecule has 0 saturated heterocycles. The van der Waals surface area contributed by atoms with Gasteiger partial charge < -0.3 is 24.0 Å². The Hall–Kier alpha value is -2.95. The van der Waals surface area contributed by atoms with E-state index in [1.54, 1.807) is 30.7 Å². The molecule has 1 aromatic heterocycles. The van der Waals surface area contributed by atoms with Crippen molar-refractivity contribution < 1.29 is 44.3 Å². The molecule has 0 spiro atoms. The second kappa shape index (κ2) is 11.3. The van der Waals surface area contributed by atoms with Crippen LogP contribution in [0.4, 0.5) is 0 Å². The summed E-state index contributed by atoms with van der Waals surface area (Å²) in [6.07, 6.45) is 2.23. The number of rotatable bonds is 10. The fourth-order valence-corrected chi connectivity index (χ4v) is 2.82. The number of ether oxygens (including phenoxy) is 1. The van der Waals surface area contributed by atoms with Crippen LogP contribution in [0.5, 0.6) is 5.75 Å². The van der Waals surface area contributed by atoms with E-state index in [-0.39, 0.29) is 33.5 Å². The number of amides is 1. The van der Waals surface area contributed by atoms with E-state index in [2.05, 4.69) is 4.98 Å². The topological polar surface area (TPSA) is 92.9 Å². The maximum absolute atomic E-state index is 10.8. The Morgan fingerprint density at radius 1 is 1.17 bits per heavy atom. The molecule has 0 fully saturated rings. The number of aryl methyl sites for hydroxylation is 1. The molecule has 0 aliphatic rings. The molecular weight excluding hydrogens is 558 g/mol. The standard InChI is InChI=1S/C22H21N2O5.Re/c1-16-20(23-22(29-16)18-5-3-2-4-6-18)11-12-28-19-9-7-17(8-10-19)13-24(15-25)14-21(26)27;/h2-10H,11-14H2,1H3,(H,26,27);/q-1;. The van der Waals surface area contributed by atoms with Crippen LogP contribution < -0.4 is 4.74 Å². The zero-order valence-corrected chi connectivity index (χ0v) is 19.1. The van der Waals surface area contributed by atoms with Gasteiger partial charge in [-0.2, -0.15) is 6.41 Å². The molecule has 1 radical (unpaired) electrons. The summed E-state index contributed by atoms with van der Waals surface area (Å²) >= 11 is 0. The molecule has 0 bridgehead atoms. The van der Waals surface area contributed by atoms with Gasteiger partial charge in [0.2, 0.25) is 5.89 Å². The number of aromatic nitrogens is 1. The number of aliphatic carboxylic acids is 1. The summed E-state index contributed by atoms with van der Waals surface area (Å²) in [4.78, 5) is 27.1. The third kappa shape index (κ3) is 6.55. The van der Waals surface area contributed by atoms with E-state index in [4.69, 9.17) is 14.3 Å². The summed E-state index contributed by atoms with van der Waals surface area (Å²) in [7, 11) is 0. The van der Waals surface area contributed by atoms with Gasteiger partial charge in [0, 0.05) is 39.0 Å². The van der Waals surface area contributed by atoms with Gasteiger partial charge >= 0.3 is 5.97 Å². The molecule has 157 valence electrons. The molecule has 7 nitrogen and oxygen atoms in total. The molecule has 3 rings (SSSR count). The summed E-state index contributed by atoms with van der Waals surface area (Å²) in [6.45, 7) is 2.12. The molecule has 2 aromatic carbocycles. The molecule has 8 heteroatoms. The summed E-state index contributed by atoms with van der Waals surface area (Å²) in [5.74, 6) is 0.969. The quantitative estimate of drug-likeness (QED) is 0.293. The normalized spacial score (nSPS) is 10.2. The molecule has 0 saturated carbocycles. The number of carbonyl (C=O) groups is 1. The van der Waals surface area contributed by atoms with Crippen LogP contribution >= 0.6 is 0 Å². The van der Waals surface area contributed by atoms with Crippen molar-refractivity contribution in [2.45, 2.75) is 19.9 Å². The summed E-state index contributed by atoms with van der Waals surface area (Å²) < 4.78 is 11.5. The van der Waals surface area contributed by atoms with Crippen LogP contribution in [-0.2, 0) is 43.0 Å². The van der Waals surface area contributed by atoms with Crippen molar-refractivity contribution in [1.82, 2.24) is 9.88 Å². The Balaban J connectivity index is 0.00000320. The van der Waals surface area contributed by atoms with Crippen molar-refractivity contribution in [3.05, 3.63) is 71.6 Å². The largest absolute Gasteiger partial charge is 0.520 e. The Morgan fingerprint density at radius 3 is 2.50 bits per heavy atom. The third-order valence-corrected chi connectivity index (χ3v) is 4.27. The maximum Gasteiger partial charge on any atom is 0.320 e. The SMILES string of the molecule is Cc1oc(-c2ccccc2)nc1CCOc1ccc(CN([C-]=O)CC(=O)O)cc1.[Re]. The van der Waals surface area contributed by atoms with Gasteiger partial charge in [-0.1, -0.05) is 30.3 Å². The molecular formula is C22H21N2O5Re-. The minimum absolute atomic E-state index is 0. The Morgan fingerprint density at radius 2 is 1.87 bits per heavy atom. The molecule has 1 heterocycles. The predicted octanol–water partition coefficient (Wildman–Crippen LogP) is 3.22. The van der Waals surface area contributed by atoms with Gasteiger partial charge in [0.05, 0.1) is 18.8 Å². The first-order valence-electron chi connectivity index (χ1n) is 9.13. The van der Waals surface area contributed by atoms with Gasteiger partial charge in [-0.25, -0.2) is 4.98 Å². The monoisotopic (exact) mass is 580 g/mol. The van der Waals surface area contributed by atoms with Gasteiger partial charge in [0.1, 0.15) is 11.5 Å². The average molecular weight is 580 g/mol. The second-order valence-corrected chi connectivity index (χ2v) is 6.47. The zero-order valence-electron chi connectivity index (χ0n) is 16.4. The Labute approximate surface area is 188 Å². The predicted molar refractivity (Wildman–Crippen MR) is 106 cm³/mol. The van der Waals surface area contributed by atoms with Gasteiger partial charge in [0.15, 0.2) is 0 Å². The number of carboxylic acids is 1. The number of nitrogens with zero attached hydrogens (tertiary/aromatic N) is 2. The van der Waals surface area contributed by atoms with Crippen LogP contribution in [0.1, 0.15) is 17.0 Å². The van der Waals surface area contributed by atoms with Crippen LogP contribution in [0.25, 0.3) is 11.5 Å². The number of hydrogen-bond acceptors (Lipinski definition) is 5. The van der Waals surface area contributed by atoms with Gasteiger partial charge in [-0.15, -0.1) is 0 Å². The van der Waals surface area contributed by atoms with Crippen molar-refractivity contribution >= 4 is 12.4 Å². The first kappa shape index (κ1) is 23.3. The van der Waals surface area contributed by atoms with Crippen LogP contribution in [0.15, 0.2) is 59.0 Å². The molecule has 1 amide bonds. The van der Waals surface area contributed by atoms with E-state index in [1.165, 1.54) is 0 Å². The summed E-state index contributed by atoms with van der Waals surface area (Å²) in [5.41, 5.74) is 2.58. The van der Waals surface area contributed by atoms with E-state index in [0.29, 0.717) is 24.7 Å². The summed E-state index contributed by atoms with van der Waals surface area (Å²) in [6, 6.07) is 16.9. The molecule has 3 aromatic rings. The van der Waals surface area contributed by atoms with Crippen LogP contribution in [0.2, 0.25) is 0 Å². The Kier molecular flexibility index (Phi) is 8.78. The minimum Gasteiger partial charge on any atom is -0.520 e. The number of oxazole rings is 1.